The molecule has 5 nitrogen and oxygen atoms in total. The third-order valence-electron chi connectivity index (χ3n) is 3.68. The molecule has 22 heavy (non-hydrogen) atoms. The summed E-state index contributed by atoms with van der Waals surface area (Å²) < 4.78 is 0. The number of amides is 2. The van der Waals surface area contributed by atoms with E-state index in [-0.39, 0.29) is 17.7 Å². The Balaban J connectivity index is 2.00. The normalized spacial score (nSPS) is 16.7. The maximum Gasteiger partial charge on any atom is 0.247 e. The molecule has 2 amide bonds. The minimum absolute atomic E-state index is 0.00714. The minimum atomic E-state index is -0.947. The van der Waals surface area contributed by atoms with Crippen molar-refractivity contribution in [1.82, 2.24) is 10.2 Å². The highest BCUT2D eigenvalue weighted by Gasteiger charge is 2.35. The zero-order valence-corrected chi connectivity index (χ0v) is 13.5. The van der Waals surface area contributed by atoms with Crippen LogP contribution in [0.15, 0.2) is 24.3 Å². The average Bonchev–Trinajstić information content (AvgIpc) is 3.28. The molecule has 0 aromatic heterocycles. The molecule has 1 aromatic rings. The fraction of sp³-hybridized carbons (Fsp3) is 0.500. The van der Waals surface area contributed by atoms with Crippen LogP contribution in [0.4, 0.5) is 0 Å². The summed E-state index contributed by atoms with van der Waals surface area (Å²) in [6, 6.07) is 6.32. The summed E-state index contributed by atoms with van der Waals surface area (Å²) in [5.41, 5.74) is 0.890. The molecule has 1 aliphatic carbocycles. The first kappa shape index (κ1) is 16.8. The maximum atomic E-state index is 12.5. The van der Waals surface area contributed by atoms with Gasteiger partial charge < -0.3 is 15.3 Å². The lowest BCUT2D eigenvalue weighted by atomic mass is 10.1. The van der Waals surface area contributed by atoms with Crippen molar-refractivity contribution >= 4 is 23.4 Å². The fourth-order valence-electron chi connectivity index (χ4n) is 2.23. The van der Waals surface area contributed by atoms with Gasteiger partial charge in [0, 0.05) is 24.5 Å². The van der Waals surface area contributed by atoms with Gasteiger partial charge in [0.15, 0.2) is 0 Å². The van der Waals surface area contributed by atoms with E-state index in [2.05, 4.69) is 5.32 Å². The van der Waals surface area contributed by atoms with Crippen LogP contribution in [0.3, 0.4) is 0 Å². The smallest absolute Gasteiger partial charge is 0.247 e. The summed E-state index contributed by atoms with van der Waals surface area (Å²) in [6.45, 7) is 1.87. The predicted molar refractivity (Wildman–Crippen MR) is 84.3 cm³/mol. The van der Waals surface area contributed by atoms with Gasteiger partial charge in [-0.1, -0.05) is 23.7 Å². The van der Waals surface area contributed by atoms with E-state index < -0.39 is 12.1 Å². The minimum Gasteiger partial charge on any atom is -0.391 e. The van der Waals surface area contributed by atoms with Crippen molar-refractivity contribution in [3.8, 4) is 0 Å². The van der Waals surface area contributed by atoms with E-state index in [4.69, 9.17) is 11.6 Å². The number of carbonyl (C=O) groups is 2. The van der Waals surface area contributed by atoms with Crippen molar-refractivity contribution < 1.29 is 14.7 Å². The van der Waals surface area contributed by atoms with Crippen LogP contribution in [0, 0.1) is 5.92 Å². The monoisotopic (exact) mass is 324 g/mol. The summed E-state index contributed by atoms with van der Waals surface area (Å²) in [4.78, 5) is 25.8. The Hall–Kier alpha value is -1.59. The molecule has 2 rings (SSSR count). The molecule has 1 aliphatic rings. The highest BCUT2D eigenvalue weighted by atomic mass is 35.5. The van der Waals surface area contributed by atoms with Gasteiger partial charge in [-0.3, -0.25) is 9.59 Å². The third kappa shape index (κ3) is 4.45. The molecule has 0 radical (unpaired) electrons. The van der Waals surface area contributed by atoms with Crippen LogP contribution >= 0.6 is 11.6 Å². The van der Waals surface area contributed by atoms with Gasteiger partial charge in [0.05, 0.1) is 6.10 Å². The Morgan fingerprint density at radius 3 is 2.68 bits per heavy atom. The van der Waals surface area contributed by atoms with E-state index in [0.717, 1.165) is 18.4 Å². The summed E-state index contributed by atoms with van der Waals surface area (Å²) in [6.07, 6.45) is 0.757. The second-order valence-electron chi connectivity index (χ2n) is 5.83. The van der Waals surface area contributed by atoms with Gasteiger partial charge in [0.2, 0.25) is 11.8 Å². The van der Waals surface area contributed by atoms with Gasteiger partial charge in [0.25, 0.3) is 0 Å². The number of halogens is 1. The van der Waals surface area contributed by atoms with E-state index in [1.165, 1.54) is 11.8 Å². The number of nitrogens with one attached hydrogen (secondary N) is 1. The molecule has 6 heteroatoms. The number of carbonyl (C=O) groups excluding carboxylic acids is 2. The van der Waals surface area contributed by atoms with Gasteiger partial charge >= 0.3 is 0 Å². The second-order valence-corrected chi connectivity index (χ2v) is 6.26. The van der Waals surface area contributed by atoms with E-state index in [0.29, 0.717) is 11.6 Å². The molecular formula is C16H21ClN2O3. The Bertz CT molecular complexity index is 558. The zero-order valence-electron chi connectivity index (χ0n) is 12.8. The number of likely N-dealkylation sites (N-methyl/N-ethyl adjacent to an activating group) is 1. The molecule has 2 unspecified atom stereocenters. The molecule has 0 bridgehead atoms. The van der Waals surface area contributed by atoms with Crippen LogP contribution in [-0.2, 0) is 16.1 Å². The third-order valence-corrected chi connectivity index (χ3v) is 3.91. The average molecular weight is 325 g/mol. The Morgan fingerprint density at radius 1 is 1.45 bits per heavy atom. The van der Waals surface area contributed by atoms with Crippen LogP contribution in [0.25, 0.3) is 0 Å². The number of benzene rings is 1. The first-order chi connectivity index (χ1) is 10.4. The first-order valence-electron chi connectivity index (χ1n) is 7.36. The molecule has 1 fully saturated rings. The van der Waals surface area contributed by atoms with E-state index in [1.54, 1.807) is 19.2 Å². The molecule has 0 saturated heterocycles. The zero-order chi connectivity index (χ0) is 16.3. The SMILES string of the molecule is CC(O)C(NC(=O)C1CC1)C(=O)N(C)Cc1cccc(Cl)c1. The summed E-state index contributed by atoms with van der Waals surface area (Å²) in [5.74, 6) is -0.480. The number of aliphatic hydroxyl groups is 1. The van der Waals surface area contributed by atoms with E-state index in [9.17, 15) is 14.7 Å². The number of rotatable bonds is 6. The Labute approximate surface area is 135 Å². The van der Waals surface area contributed by atoms with Crippen LogP contribution in [0.2, 0.25) is 5.02 Å². The summed E-state index contributed by atoms with van der Waals surface area (Å²) in [7, 11) is 1.64. The number of hydrogen-bond acceptors (Lipinski definition) is 3. The van der Waals surface area contributed by atoms with Crippen molar-refractivity contribution in [2.45, 2.75) is 38.5 Å². The summed E-state index contributed by atoms with van der Waals surface area (Å²) in [5, 5.41) is 13.1. The largest absolute Gasteiger partial charge is 0.391 e. The van der Waals surface area contributed by atoms with Gasteiger partial charge in [-0.15, -0.1) is 0 Å². The molecule has 1 saturated carbocycles. The van der Waals surface area contributed by atoms with Crippen LogP contribution in [-0.4, -0.2) is 41.0 Å². The Morgan fingerprint density at radius 2 is 2.14 bits per heavy atom. The van der Waals surface area contributed by atoms with Crippen LogP contribution in [0.5, 0.6) is 0 Å². The van der Waals surface area contributed by atoms with Crippen molar-refractivity contribution in [3.05, 3.63) is 34.9 Å². The van der Waals surface area contributed by atoms with Crippen molar-refractivity contribution in [3.63, 3.8) is 0 Å². The second kappa shape index (κ2) is 7.11. The van der Waals surface area contributed by atoms with E-state index >= 15 is 0 Å². The fourth-order valence-corrected chi connectivity index (χ4v) is 2.44. The number of hydrogen-bond donors (Lipinski definition) is 2. The first-order valence-corrected chi connectivity index (χ1v) is 7.74. The van der Waals surface area contributed by atoms with Gasteiger partial charge in [-0.05, 0) is 37.5 Å². The lowest BCUT2D eigenvalue weighted by molar-refractivity contribution is -0.139. The van der Waals surface area contributed by atoms with Crippen molar-refractivity contribution in [2.75, 3.05) is 7.05 Å². The molecule has 2 N–H and O–H groups in total. The molecule has 1 aromatic carbocycles. The highest BCUT2D eigenvalue weighted by molar-refractivity contribution is 6.30. The topological polar surface area (TPSA) is 69.6 Å². The summed E-state index contributed by atoms with van der Waals surface area (Å²) >= 11 is 5.93. The standard InChI is InChI=1S/C16H21ClN2O3/c1-10(20)14(18-15(21)12-6-7-12)16(22)19(2)9-11-4-3-5-13(17)8-11/h3-5,8,10,12,14,20H,6-7,9H2,1-2H3,(H,18,21). The van der Waals surface area contributed by atoms with Gasteiger partial charge in [-0.25, -0.2) is 0 Å². The molecule has 0 heterocycles. The molecule has 120 valence electrons. The quantitative estimate of drug-likeness (QED) is 0.834. The molecule has 0 aliphatic heterocycles. The number of nitrogens with zero attached hydrogens (tertiary/aromatic N) is 1. The van der Waals surface area contributed by atoms with Gasteiger partial charge in [0.1, 0.15) is 6.04 Å². The van der Waals surface area contributed by atoms with Crippen molar-refractivity contribution in [2.24, 2.45) is 5.92 Å². The Kier molecular flexibility index (Phi) is 5.42. The van der Waals surface area contributed by atoms with Crippen molar-refractivity contribution in [1.29, 1.82) is 0 Å². The predicted octanol–water partition coefficient (Wildman–Crippen LogP) is 1.57. The molecule has 0 spiro atoms. The van der Waals surface area contributed by atoms with Crippen LogP contribution in [0.1, 0.15) is 25.3 Å². The van der Waals surface area contributed by atoms with Crippen LogP contribution < -0.4 is 5.32 Å². The molecular weight excluding hydrogens is 304 g/mol. The lowest BCUT2D eigenvalue weighted by Crippen LogP contribution is -2.53. The van der Waals surface area contributed by atoms with E-state index in [1.807, 2.05) is 12.1 Å². The highest BCUT2D eigenvalue weighted by Crippen LogP contribution is 2.29. The molecule has 2 atom stereocenters. The number of aliphatic hydroxyl groups excluding tert-OH is 1. The maximum absolute atomic E-state index is 12.5. The van der Waals surface area contributed by atoms with Gasteiger partial charge in [-0.2, -0.15) is 0 Å². The lowest BCUT2D eigenvalue weighted by Gasteiger charge is -2.26.